The Morgan fingerprint density at radius 1 is 1.23 bits per heavy atom. The highest BCUT2D eigenvalue weighted by atomic mass is 32.2. The van der Waals surface area contributed by atoms with Crippen molar-refractivity contribution in [1.29, 1.82) is 0 Å². The minimum atomic E-state index is -3.47. The van der Waals surface area contributed by atoms with Gasteiger partial charge in [0.25, 0.3) is 0 Å². The third kappa shape index (κ3) is 2.95. The quantitative estimate of drug-likeness (QED) is 0.893. The number of sulfonamides is 1. The van der Waals surface area contributed by atoms with Crippen molar-refractivity contribution in [2.24, 2.45) is 0 Å². The number of hydrogen-bond donors (Lipinski definition) is 1. The van der Waals surface area contributed by atoms with Crippen LogP contribution in [-0.4, -0.2) is 55.7 Å². The molecule has 1 N–H and O–H groups in total. The summed E-state index contributed by atoms with van der Waals surface area (Å²) in [6, 6.07) is 5.04. The van der Waals surface area contributed by atoms with Crippen LogP contribution in [0.5, 0.6) is 0 Å². The second-order valence-electron chi connectivity index (χ2n) is 5.40. The molecular weight excluding hydrogens is 324 g/mol. The topological polar surface area (TPSA) is 77.9 Å². The number of carbonyl (C=O) groups is 1. The molecule has 6 nitrogen and oxygen atoms in total. The number of nitrogens with zero attached hydrogens (tertiary/aromatic N) is 2. The van der Waals surface area contributed by atoms with Gasteiger partial charge in [-0.1, -0.05) is 0 Å². The average molecular weight is 342 g/mol. The zero-order chi connectivity index (χ0) is 15.7. The Kier molecular flexibility index (Phi) is 4.33. The number of fused-ring (bicyclic) bond motifs is 1. The van der Waals surface area contributed by atoms with Gasteiger partial charge >= 0.3 is 5.97 Å². The van der Waals surface area contributed by atoms with E-state index in [2.05, 4.69) is 0 Å². The Morgan fingerprint density at radius 2 is 1.95 bits per heavy atom. The monoisotopic (exact) mass is 342 g/mol. The van der Waals surface area contributed by atoms with Gasteiger partial charge in [-0.2, -0.15) is 4.31 Å². The molecule has 1 aromatic rings. The number of anilines is 1. The van der Waals surface area contributed by atoms with E-state index in [1.165, 1.54) is 4.31 Å². The van der Waals surface area contributed by atoms with E-state index in [0.29, 0.717) is 25.3 Å². The summed E-state index contributed by atoms with van der Waals surface area (Å²) in [5, 5.41) is 9.02. The predicted molar refractivity (Wildman–Crippen MR) is 85.0 cm³/mol. The fourth-order valence-corrected chi connectivity index (χ4v) is 5.39. The van der Waals surface area contributed by atoms with Crippen LogP contribution in [0.15, 0.2) is 28.0 Å². The molecule has 0 amide bonds. The smallest absolute Gasteiger partial charge is 0.323 e. The zero-order valence-corrected chi connectivity index (χ0v) is 13.7. The van der Waals surface area contributed by atoms with Crippen LogP contribution < -0.4 is 4.90 Å². The van der Waals surface area contributed by atoms with Crippen molar-refractivity contribution in [3.05, 3.63) is 18.2 Å². The summed E-state index contributed by atoms with van der Waals surface area (Å²) in [5.41, 5.74) is 0.707. The fraction of sp³-hybridized carbons (Fsp3) is 0.500. The molecule has 2 heterocycles. The summed E-state index contributed by atoms with van der Waals surface area (Å²) in [4.78, 5) is 13.9. The summed E-state index contributed by atoms with van der Waals surface area (Å²) >= 11 is 1.63. The lowest BCUT2D eigenvalue weighted by atomic mass is 10.2. The molecule has 0 saturated carbocycles. The van der Waals surface area contributed by atoms with E-state index in [9.17, 15) is 13.2 Å². The first-order valence-corrected chi connectivity index (χ1v) is 9.65. The minimum Gasteiger partial charge on any atom is -0.480 e. The summed E-state index contributed by atoms with van der Waals surface area (Å²) in [5.74, 6) is -0.107. The van der Waals surface area contributed by atoms with Crippen molar-refractivity contribution < 1.29 is 18.3 Å². The summed E-state index contributed by atoms with van der Waals surface area (Å²) in [7, 11) is -3.47. The molecule has 3 rings (SSSR count). The normalized spacial score (nSPS) is 19.2. The molecular formula is C14H18N2O4S2. The van der Waals surface area contributed by atoms with Gasteiger partial charge in [-0.15, -0.1) is 11.8 Å². The standard InChI is InChI=1S/C14H18N2O4S2/c17-14(18)10-15-7-8-21-13-4-3-11(9-12(13)15)22(19,20)16-5-1-2-6-16/h3-4,9H,1-2,5-8,10H2,(H,17,18). The Hall–Kier alpha value is -1.25. The number of thioether (sulfide) groups is 1. The van der Waals surface area contributed by atoms with Crippen molar-refractivity contribution in [2.75, 3.05) is 36.8 Å². The number of carboxylic acids is 1. The number of benzene rings is 1. The Balaban J connectivity index is 1.96. The number of aliphatic carboxylic acids is 1. The van der Waals surface area contributed by atoms with E-state index < -0.39 is 16.0 Å². The third-order valence-corrected chi connectivity index (χ3v) is 6.86. The Bertz CT molecular complexity index is 684. The molecule has 0 radical (unpaired) electrons. The van der Waals surface area contributed by atoms with Gasteiger partial charge in [-0.25, -0.2) is 8.42 Å². The number of rotatable bonds is 4. The van der Waals surface area contributed by atoms with Crippen LogP contribution in [0.2, 0.25) is 0 Å². The van der Waals surface area contributed by atoms with Crippen LogP contribution in [0, 0.1) is 0 Å². The van der Waals surface area contributed by atoms with Crippen LogP contribution >= 0.6 is 11.8 Å². The highest BCUT2D eigenvalue weighted by molar-refractivity contribution is 7.99. The second-order valence-corrected chi connectivity index (χ2v) is 8.48. The molecule has 22 heavy (non-hydrogen) atoms. The molecule has 0 spiro atoms. The van der Waals surface area contributed by atoms with Crippen molar-refractivity contribution in [3.63, 3.8) is 0 Å². The largest absolute Gasteiger partial charge is 0.480 e. The number of hydrogen-bond acceptors (Lipinski definition) is 5. The van der Waals surface area contributed by atoms with Gasteiger partial charge in [0.15, 0.2) is 0 Å². The molecule has 1 saturated heterocycles. The molecule has 1 fully saturated rings. The van der Waals surface area contributed by atoms with Crippen molar-refractivity contribution in [1.82, 2.24) is 4.31 Å². The summed E-state index contributed by atoms with van der Waals surface area (Å²) in [6.45, 7) is 1.62. The summed E-state index contributed by atoms with van der Waals surface area (Å²) in [6.07, 6.45) is 1.79. The lowest BCUT2D eigenvalue weighted by molar-refractivity contribution is -0.135. The minimum absolute atomic E-state index is 0.110. The molecule has 120 valence electrons. The van der Waals surface area contributed by atoms with Gasteiger partial charge in [0.1, 0.15) is 6.54 Å². The van der Waals surface area contributed by atoms with E-state index in [1.54, 1.807) is 34.9 Å². The third-order valence-electron chi connectivity index (χ3n) is 3.92. The SMILES string of the molecule is O=C(O)CN1CCSc2ccc(S(=O)(=O)N3CCCC3)cc21. The maximum atomic E-state index is 12.6. The van der Waals surface area contributed by atoms with Gasteiger partial charge in [0, 0.05) is 30.3 Å². The maximum absolute atomic E-state index is 12.6. The first kappa shape index (κ1) is 15.6. The lowest BCUT2D eigenvalue weighted by Gasteiger charge is -2.30. The molecule has 0 bridgehead atoms. The fourth-order valence-electron chi connectivity index (χ4n) is 2.82. The lowest BCUT2D eigenvalue weighted by Crippen LogP contribution is -2.34. The highest BCUT2D eigenvalue weighted by Crippen LogP contribution is 2.37. The molecule has 0 aromatic heterocycles. The van der Waals surface area contributed by atoms with Gasteiger partial charge < -0.3 is 10.0 Å². The Labute approximate surface area is 134 Å². The van der Waals surface area contributed by atoms with Crippen LogP contribution in [0.25, 0.3) is 0 Å². The highest BCUT2D eigenvalue weighted by Gasteiger charge is 2.29. The first-order valence-electron chi connectivity index (χ1n) is 7.22. The van der Waals surface area contributed by atoms with Crippen molar-refractivity contribution >= 4 is 33.4 Å². The second kappa shape index (κ2) is 6.10. The van der Waals surface area contributed by atoms with Crippen LogP contribution in [0.3, 0.4) is 0 Å². The van der Waals surface area contributed by atoms with E-state index in [0.717, 1.165) is 23.5 Å². The van der Waals surface area contributed by atoms with Gasteiger partial charge in [0.05, 0.1) is 10.6 Å². The van der Waals surface area contributed by atoms with Crippen LogP contribution in [-0.2, 0) is 14.8 Å². The molecule has 0 aliphatic carbocycles. The van der Waals surface area contributed by atoms with Crippen LogP contribution in [0.4, 0.5) is 5.69 Å². The van der Waals surface area contributed by atoms with Gasteiger partial charge in [-0.05, 0) is 31.0 Å². The molecule has 8 heteroatoms. The van der Waals surface area contributed by atoms with E-state index >= 15 is 0 Å². The number of carboxylic acid groups (broad SMARTS) is 1. The average Bonchev–Trinajstić information content (AvgIpc) is 3.01. The zero-order valence-electron chi connectivity index (χ0n) is 12.1. The molecule has 0 unspecified atom stereocenters. The van der Waals surface area contributed by atoms with Crippen LogP contribution in [0.1, 0.15) is 12.8 Å². The molecule has 0 atom stereocenters. The van der Waals surface area contributed by atoms with Crippen molar-refractivity contribution in [2.45, 2.75) is 22.6 Å². The molecule has 2 aliphatic heterocycles. The molecule has 2 aliphatic rings. The summed E-state index contributed by atoms with van der Waals surface area (Å²) < 4.78 is 26.8. The van der Waals surface area contributed by atoms with Gasteiger partial charge in [-0.3, -0.25) is 4.79 Å². The van der Waals surface area contributed by atoms with Crippen molar-refractivity contribution in [3.8, 4) is 0 Å². The maximum Gasteiger partial charge on any atom is 0.323 e. The van der Waals surface area contributed by atoms with Gasteiger partial charge in [0.2, 0.25) is 10.0 Å². The predicted octanol–water partition coefficient (Wildman–Crippen LogP) is 1.47. The first-order chi connectivity index (χ1) is 10.5. The van der Waals surface area contributed by atoms with E-state index in [-0.39, 0.29) is 11.4 Å². The Morgan fingerprint density at radius 3 is 2.64 bits per heavy atom. The van der Waals surface area contributed by atoms with E-state index in [1.807, 2.05) is 0 Å². The molecule has 1 aromatic carbocycles. The van der Waals surface area contributed by atoms with E-state index in [4.69, 9.17) is 5.11 Å².